The summed E-state index contributed by atoms with van der Waals surface area (Å²) in [6.45, 7) is 3.72. The van der Waals surface area contributed by atoms with Gasteiger partial charge in [0.05, 0.1) is 6.10 Å². The van der Waals surface area contributed by atoms with Gasteiger partial charge in [0, 0.05) is 6.54 Å². The number of rotatable bonds is 3. The zero-order chi connectivity index (χ0) is 9.97. The molecule has 0 radical (unpaired) electrons. The zero-order valence-corrected chi connectivity index (χ0v) is 8.23. The van der Waals surface area contributed by atoms with Crippen molar-refractivity contribution in [2.24, 2.45) is 0 Å². The van der Waals surface area contributed by atoms with E-state index in [1.54, 1.807) is 0 Å². The number of benzene rings is 1. The van der Waals surface area contributed by atoms with Gasteiger partial charge in [-0.25, -0.2) is 0 Å². The number of nitrogens with one attached hydrogen (secondary N) is 1. The fraction of sp³-hybridized carbons (Fsp3) is 0.400. The molecule has 1 heterocycles. The third-order valence-electron chi connectivity index (χ3n) is 2.48. The van der Waals surface area contributed by atoms with Crippen molar-refractivity contribution in [3.05, 3.63) is 29.8 Å². The van der Waals surface area contributed by atoms with E-state index in [0.717, 1.165) is 24.1 Å². The Morgan fingerprint density at radius 3 is 3.07 bits per heavy atom. The summed E-state index contributed by atoms with van der Waals surface area (Å²) in [5.74, 6) is 0. The predicted molar refractivity (Wildman–Crippen MR) is 56.4 cm³/mol. The summed E-state index contributed by atoms with van der Waals surface area (Å²) < 4.78 is 5.43. The number of fused-ring (bicyclic) bond motifs is 1. The van der Waals surface area contributed by atoms with Gasteiger partial charge in [-0.05, 0) is 17.6 Å². The van der Waals surface area contributed by atoms with Crippen LogP contribution in [0.2, 0.25) is 0 Å². The molecule has 14 heavy (non-hydrogen) atoms. The molecule has 0 unspecified atom stereocenters. The minimum atomic E-state index is -0.755. The molecule has 0 aliphatic carbocycles. The second kappa shape index (κ2) is 4.13. The van der Waals surface area contributed by atoms with Crippen molar-refractivity contribution in [3.63, 3.8) is 0 Å². The lowest BCUT2D eigenvalue weighted by Gasteiger charge is -2.11. The first-order valence-electron chi connectivity index (χ1n) is 4.96. The summed E-state index contributed by atoms with van der Waals surface area (Å²) in [4.78, 5) is 0. The standard InChI is InChI=1S/C10H14BNO2/c1-2-12-7-10-8-5-3-4-6-9(8)11(13)14-10/h3-6,10,12-13H,2,7H2,1H3/t10-/m0/s1. The van der Waals surface area contributed by atoms with Gasteiger partial charge in [-0.15, -0.1) is 0 Å². The van der Waals surface area contributed by atoms with Gasteiger partial charge < -0.3 is 15.0 Å². The van der Waals surface area contributed by atoms with Crippen LogP contribution < -0.4 is 10.8 Å². The van der Waals surface area contributed by atoms with Gasteiger partial charge in [-0.3, -0.25) is 0 Å². The Kier molecular flexibility index (Phi) is 2.86. The topological polar surface area (TPSA) is 41.5 Å². The second-order valence-electron chi connectivity index (χ2n) is 3.41. The van der Waals surface area contributed by atoms with E-state index in [2.05, 4.69) is 12.2 Å². The van der Waals surface area contributed by atoms with E-state index in [1.807, 2.05) is 24.3 Å². The van der Waals surface area contributed by atoms with Crippen molar-refractivity contribution in [1.29, 1.82) is 0 Å². The van der Waals surface area contributed by atoms with Crippen LogP contribution in [-0.4, -0.2) is 25.2 Å². The molecule has 0 saturated carbocycles. The third-order valence-corrected chi connectivity index (χ3v) is 2.48. The van der Waals surface area contributed by atoms with E-state index in [4.69, 9.17) is 4.65 Å². The predicted octanol–water partition coefficient (Wildman–Crippen LogP) is 0.0549. The molecule has 4 heteroatoms. The first-order valence-corrected chi connectivity index (χ1v) is 4.96. The molecule has 1 aromatic carbocycles. The molecule has 1 atom stereocenters. The van der Waals surface area contributed by atoms with E-state index in [0.29, 0.717) is 0 Å². The summed E-state index contributed by atoms with van der Waals surface area (Å²) in [5, 5.41) is 12.8. The number of likely N-dealkylation sites (N-methyl/N-ethyl adjacent to an activating group) is 1. The smallest absolute Gasteiger partial charge is 0.423 e. The third kappa shape index (κ3) is 1.69. The maximum atomic E-state index is 9.60. The second-order valence-corrected chi connectivity index (χ2v) is 3.41. The maximum Gasteiger partial charge on any atom is 0.492 e. The Labute approximate surface area is 84.2 Å². The van der Waals surface area contributed by atoms with E-state index in [9.17, 15) is 5.02 Å². The van der Waals surface area contributed by atoms with E-state index in [-0.39, 0.29) is 6.10 Å². The minimum Gasteiger partial charge on any atom is -0.423 e. The molecular weight excluding hydrogens is 177 g/mol. The van der Waals surface area contributed by atoms with Crippen LogP contribution in [0.15, 0.2) is 24.3 Å². The molecule has 1 aliphatic rings. The van der Waals surface area contributed by atoms with Gasteiger partial charge in [0.25, 0.3) is 0 Å². The van der Waals surface area contributed by atoms with Crippen molar-refractivity contribution < 1.29 is 9.68 Å². The Balaban J connectivity index is 2.17. The van der Waals surface area contributed by atoms with Gasteiger partial charge in [0.2, 0.25) is 0 Å². The molecule has 0 spiro atoms. The van der Waals surface area contributed by atoms with Crippen LogP contribution in [0.25, 0.3) is 0 Å². The number of hydrogen-bond donors (Lipinski definition) is 2. The Hall–Kier alpha value is -0.835. The van der Waals surface area contributed by atoms with Gasteiger partial charge in [-0.2, -0.15) is 0 Å². The molecule has 0 fully saturated rings. The van der Waals surface area contributed by atoms with Crippen molar-refractivity contribution in [1.82, 2.24) is 5.32 Å². The highest BCUT2D eigenvalue weighted by atomic mass is 16.5. The van der Waals surface area contributed by atoms with Crippen molar-refractivity contribution >= 4 is 12.6 Å². The molecule has 3 nitrogen and oxygen atoms in total. The molecule has 74 valence electrons. The van der Waals surface area contributed by atoms with Crippen molar-refractivity contribution in [2.75, 3.05) is 13.1 Å². The normalized spacial score (nSPS) is 19.9. The van der Waals surface area contributed by atoms with E-state index in [1.165, 1.54) is 0 Å². The molecule has 0 aromatic heterocycles. The van der Waals surface area contributed by atoms with Gasteiger partial charge in [0.1, 0.15) is 0 Å². The van der Waals surface area contributed by atoms with Gasteiger partial charge in [-0.1, -0.05) is 31.2 Å². The monoisotopic (exact) mass is 191 g/mol. The quantitative estimate of drug-likeness (QED) is 0.663. The summed E-state index contributed by atoms with van der Waals surface area (Å²) in [6, 6.07) is 7.81. The number of hydrogen-bond acceptors (Lipinski definition) is 3. The lowest BCUT2D eigenvalue weighted by atomic mass is 9.79. The Morgan fingerprint density at radius 1 is 1.50 bits per heavy atom. The molecule has 1 aromatic rings. The summed E-state index contributed by atoms with van der Waals surface area (Å²) in [6.07, 6.45) is -0.0128. The van der Waals surface area contributed by atoms with Crippen LogP contribution in [-0.2, 0) is 4.65 Å². The van der Waals surface area contributed by atoms with E-state index >= 15 is 0 Å². The minimum absolute atomic E-state index is 0.0128. The van der Waals surface area contributed by atoms with E-state index < -0.39 is 7.12 Å². The lowest BCUT2D eigenvalue weighted by molar-refractivity contribution is 0.188. The Morgan fingerprint density at radius 2 is 2.29 bits per heavy atom. The SMILES string of the molecule is CCNC[C@@H]1OB(O)c2ccccc21. The summed E-state index contributed by atoms with van der Waals surface area (Å²) in [5.41, 5.74) is 2.00. The largest absolute Gasteiger partial charge is 0.492 e. The van der Waals surface area contributed by atoms with Crippen LogP contribution in [0.3, 0.4) is 0 Å². The van der Waals surface area contributed by atoms with Gasteiger partial charge in [0.15, 0.2) is 0 Å². The fourth-order valence-electron chi connectivity index (χ4n) is 1.76. The van der Waals surface area contributed by atoms with Crippen LogP contribution in [0, 0.1) is 0 Å². The highest BCUT2D eigenvalue weighted by molar-refractivity contribution is 6.61. The molecule has 0 bridgehead atoms. The van der Waals surface area contributed by atoms with Crippen LogP contribution >= 0.6 is 0 Å². The molecule has 1 aliphatic heterocycles. The molecule has 2 N–H and O–H groups in total. The Bertz CT molecular complexity index is 319. The summed E-state index contributed by atoms with van der Waals surface area (Å²) >= 11 is 0. The zero-order valence-electron chi connectivity index (χ0n) is 8.23. The molecular formula is C10H14BNO2. The molecule has 0 saturated heterocycles. The molecule has 0 amide bonds. The van der Waals surface area contributed by atoms with Crippen LogP contribution in [0.1, 0.15) is 18.6 Å². The first-order chi connectivity index (χ1) is 6.83. The maximum absolute atomic E-state index is 9.60. The lowest BCUT2D eigenvalue weighted by Crippen LogP contribution is -2.28. The first kappa shape index (κ1) is 9.71. The summed E-state index contributed by atoms with van der Waals surface area (Å²) in [7, 11) is -0.755. The molecule has 2 rings (SSSR count). The average molecular weight is 191 g/mol. The highest BCUT2D eigenvalue weighted by Gasteiger charge is 2.33. The van der Waals surface area contributed by atoms with Crippen molar-refractivity contribution in [3.8, 4) is 0 Å². The fourth-order valence-corrected chi connectivity index (χ4v) is 1.76. The van der Waals surface area contributed by atoms with Crippen LogP contribution in [0.5, 0.6) is 0 Å². The van der Waals surface area contributed by atoms with Crippen LogP contribution in [0.4, 0.5) is 0 Å². The average Bonchev–Trinajstić information content (AvgIpc) is 2.54. The van der Waals surface area contributed by atoms with Crippen molar-refractivity contribution in [2.45, 2.75) is 13.0 Å². The van der Waals surface area contributed by atoms with Gasteiger partial charge >= 0.3 is 7.12 Å². The highest BCUT2D eigenvalue weighted by Crippen LogP contribution is 2.21.